The predicted octanol–water partition coefficient (Wildman–Crippen LogP) is 0.350. The minimum Gasteiger partial charge on any atom is -0.383 e. The van der Waals surface area contributed by atoms with E-state index in [1.807, 2.05) is 0 Å². The molecule has 1 unspecified atom stereocenters. The SMILES string of the molecule is C#CCCC(C)(O)C=O. The summed E-state index contributed by atoms with van der Waals surface area (Å²) >= 11 is 0. The molecule has 0 fully saturated rings. The Morgan fingerprint density at radius 3 is 2.78 bits per heavy atom. The molecular weight excluding hydrogens is 116 g/mol. The number of hydrogen-bond acceptors (Lipinski definition) is 2. The topological polar surface area (TPSA) is 37.3 Å². The van der Waals surface area contributed by atoms with Gasteiger partial charge in [0, 0.05) is 6.42 Å². The Morgan fingerprint density at radius 1 is 1.89 bits per heavy atom. The second kappa shape index (κ2) is 3.26. The predicted molar refractivity (Wildman–Crippen MR) is 34.8 cm³/mol. The highest BCUT2D eigenvalue weighted by atomic mass is 16.3. The van der Waals surface area contributed by atoms with Crippen LogP contribution >= 0.6 is 0 Å². The van der Waals surface area contributed by atoms with E-state index in [1.54, 1.807) is 0 Å². The molecule has 9 heavy (non-hydrogen) atoms. The first-order valence-electron chi connectivity index (χ1n) is 2.74. The van der Waals surface area contributed by atoms with Gasteiger partial charge in [0.1, 0.15) is 5.60 Å². The van der Waals surface area contributed by atoms with Crippen LogP contribution in [0, 0.1) is 12.3 Å². The minimum atomic E-state index is -1.23. The van der Waals surface area contributed by atoms with Crippen LogP contribution in [0.3, 0.4) is 0 Å². The molecule has 0 aliphatic rings. The van der Waals surface area contributed by atoms with Gasteiger partial charge in [0.15, 0.2) is 6.29 Å². The summed E-state index contributed by atoms with van der Waals surface area (Å²) in [5, 5.41) is 8.99. The third kappa shape index (κ3) is 3.75. The lowest BCUT2D eigenvalue weighted by Crippen LogP contribution is -2.25. The van der Waals surface area contributed by atoms with Gasteiger partial charge in [-0.05, 0) is 13.3 Å². The van der Waals surface area contributed by atoms with Crippen LogP contribution in [0.1, 0.15) is 19.8 Å². The summed E-state index contributed by atoms with van der Waals surface area (Å²) in [7, 11) is 0. The summed E-state index contributed by atoms with van der Waals surface area (Å²) in [5.74, 6) is 2.34. The zero-order valence-electron chi connectivity index (χ0n) is 5.42. The molecule has 0 aromatic carbocycles. The highest BCUT2D eigenvalue weighted by Gasteiger charge is 2.16. The van der Waals surface area contributed by atoms with Crippen molar-refractivity contribution in [3.8, 4) is 12.3 Å². The number of carbonyl (C=O) groups excluding carboxylic acids is 1. The van der Waals surface area contributed by atoms with Gasteiger partial charge in [-0.1, -0.05) is 0 Å². The van der Waals surface area contributed by atoms with Gasteiger partial charge in [-0.25, -0.2) is 0 Å². The number of aliphatic hydroxyl groups is 1. The molecule has 2 heteroatoms. The molecule has 0 rings (SSSR count). The maximum Gasteiger partial charge on any atom is 0.151 e. The Labute approximate surface area is 54.9 Å². The van der Waals surface area contributed by atoms with Crippen molar-refractivity contribution in [1.82, 2.24) is 0 Å². The fourth-order valence-corrected chi connectivity index (χ4v) is 0.384. The van der Waals surface area contributed by atoms with Crippen molar-refractivity contribution in [3.05, 3.63) is 0 Å². The molecule has 0 aliphatic carbocycles. The van der Waals surface area contributed by atoms with Crippen molar-refractivity contribution >= 4 is 6.29 Å². The molecule has 0 heterocycles. The average Bonchev–Trinajstić information content (AvgIpc) is 1.84. The minimum absolute atomic E-state index is 0.340. The lowest BCUT2D eigenvalue weighted by Gasteiger charge is -2.11. The third-order valence-corrected chi connectivity index (χ3v) is 1.03. The van der Waals surface area contributed by atoms with E-state index < -0.39 is 5.60 Å². The van der Waals surface area contributed by atoms with Gasteiger partial charge >= 0.3 is 0 Å². The van der Waals surface area contributed by atoms with Gasteiger partial charge in [0.25, 0.3) is 0 Å². The molecule has 1 atom stereocenters. The van der Waals surface area contributed by atoms with Crippen molar-refractivity contribution in [3.63, 3.8) is 0 Å². The first-order chi connectivity index (χ1) is 4.12. The Bertz CT molecular complexity index is 130. The monoisotopic (exact) mass is 126 g/mol. The zero-order valence-corrected chi connectivity index (χ0v) is 5.42. The fraction of sp³-hybridized carbons (Fsp3) is 0.571. The van der Waals surface area contributed by atoms with Gasteiger partial charge in [0.2, 0.25) is 0 Å². The van der Waals surface area contributed by atoms with Crippen LogP contribution in [-0.2, 0) is 4.79 Å². The van der Waals surface area contributed by atoms with Crippen molar-refractivity contribution in [2.24, 2.45) is 0 Å². The normalized spacial score (nSPS) is 15.7. The van der Waals surface area contributed by atoms with Crippen LogP contribution < -0.4 is 0 Å². The number of hydrogen-bond donors (Lipinski definition) is 1. The Kier molecular flexibility index (Phi) is 2.97. The molecule has 0 saturated heterocycles. The molecule has 0 amide bonds. The van der Waals surface area contributed by atoms with Crippen molar-refractivity contribution in [2.75, 3.05) is 0 Å². The smallest absolute Gasteiger partial charge is 0.151 e. The van der Waals surface area contributed by atoms with E-state index in [2.05, 4.69) is 5.92 Å². The third-order valence-electron chi connectivity index (χ3n) is 1.03. The lowest BCUT2D eigenvalue weighted by molar-refractivity contribution is -0.122. The van der Waals surface area contributed by atoms with Crippen molar-refractivity contribution in [2.45, 2.75) is 25.4 Å². The molecular formula is C7H10O2. The second-order valence-electron chi connectivity index (χ2n) is 2.18. The number of carbonyl (C=O) groups is 1. The van der Waals surface area contributed by atoms with Crippen molar-refractivity contribution < 1.29 is 9.90 Å². The lowest BCUT2D eigenvalue weighted by atomic mass is 10.0. The maximum atomic E-state index is 10.0. The number of terminal acetylenes is 1. The fourth-order valence-electron chi connectivity index (χ4n) is 0.384. The van der Waals surface area contributed by atoms with E-state index >= 15 is 0 Å². The van der Waals surface area contributed by atoms with Crippen LogP contribution in [0.5, 0.6) is 0 Å². The molecule has 2 nitrogen and oxygen atoms in total. The maximum absolute atomic E-state index is 10.0. The molecule has 50 valence electrons. The van der Waals surface area contributed by atoms with Gasteiger partial charge in [-0.15, -0.1) is 12.3 Å². The van der Waals surface area contributed by atoms with E-state index in [9.17, 15) is 4.79 Å². The number of rotatable bonds is 3. The quantitative estimate of drug-likeness (QED) is 0.437. The zero-order chi connectivity index (χ0) is 7.33. The van der Waals surface area contributed by atoms with E-state index in [1.165, 1.54) is 6.92 Å². The Balaban J connectivity index is 3.61. The van der Waals surface area contributed by atoms with E-state index in [4.69, 9.17) is 11.5 Å². The van der Waals surface area contributed by atoms with Crippen LogP contribution in [0.15, 0.2) is 0 Å². The molecule has 0 aliphatic heterocycles. The summed E-state index contributed by atoms with van der Waals surface area (Å²) in [5.41, 5.74) is -1.23. The molecule has 1 N–H and O–H groups in total. The van der Waals surface area contributed by atoms with Crippen LogP contribution in [0.2, 0.25) is 0 Å². The molecule has 0 aromatic heterocycles. The van der Waals surface area contributed by atoms with E-state index in [0.29, 0.717) is 19.1 Å². The van der Waals surface area contributed by atoms with Gasteiger partial charge in [0.05, 0.1) is 0 Å². The van der Waals surface area contributed by atoms with E-state index in [0.717, 1.165) is 0 Å². The molecule has 0 spiro atoms. The largest absolute Gasteiger partial charge is 0.383 e. The van der Waals surface area contributed by atoms with Crippen LogP contribution in [-0.4, -0.2) is 17.0 Å². The summed E-state index contributed by atoms with van der Waals surface area (Å²) in [6.07, 6.45) is 6.19. The second-order valence-corrected chi connectivity index (χ2v) is 2.18. The summed E-state index contributed by atoms with van der Waals surface area (Å²) in [6.45, 7) is 1.44. The highest BCUT2D eigenvalue weighted by Crippen LogP contribution is 2.06. The first-order valence-corrected chi connectivity index (χ1v) is 2.74. The van der Waals surface area contributed by atoms with Crippen molar-refractivity contribution in [1.29, 1.82) is 0 Å². The highest BCUT2D eigenvalue weighted by molar-refractivity contribution is 5.61. The summed E-state index contributed by atoms with van der Waals surface area (Å²) in [6, 6.07) is 0. The van der Waals surface area contributed by atoms with Gasteiger partial charge < -0.3 is 9.90 Å². The Hall–Kier alpha value is -0.810. The molecule has 0 saturated carbocycles. The molecule has 0 bridgehead atoms. The standard InChI is InChI=1S/C7H10O2/c1-3-4-5-7(2,9)6-8/h1,6,9H,4-5H2,2H3. The van der Waals surface area contributed by atoms with Gasteiger partial charge in [-0.2, -0.15) is 0 Å². The van der Waals surface area contributed by atoms with Crippen LogP contribution in [0.25, 0.3) is 0 Å². The molecule has 0 radical (unpaired) electrons. The van der Waals surface area contributed by atoms with E-state index in [-0.39, 0.29) is 0 Å². The number of aldehydes is 1. The first kappa shape index (κ1) is 8.19. The van der Waals surface area contributed by atoms with Gasteiger partial charge in [-0.3, -0.25) is 0 Å². The Morgan fingerprint density at radius 2 is 2.44 bits per heavy atom. The van der Waals surface area contributed by atoms with Crippen LogP contribution in [0.4, 0.5) is 0 Å². The molecule has 0 aromatic rings. The summed E-state index contributed by atoms with van der Waals surface area (Å²) < 4.78 is 0. The summed E-state index contributed by atoms with van der Waals surface area (Å²) in [4.78, 5) is 10.0. The average molecular weight is 126 g/mol.